The Bertz CT molecular complexity index is 814. The maximum atomic E-state index is 12.2. The number of methoxy groups -OCH3 is 2. The molecule has 0 unspecified atom stereocenters. The van der Waals surface area contributed by atoms with Crippen molar-refractivity contribution >= 4 is 29.9 Å². The van der Waals surface area contributed by atoms with Crippen LogP contribution in [-0.2, 0) is 40.0 Å². The first-order valence-corrected chi connectivity index (χ1v) is 9.91. The van der Waals surface area contributed by atoms with Gasteiger partial charge < -0.3 is 35.1 Å². The lowest BCUT2D eigenvalue weighted by atomic mass is 9.87. The molecule has 0 aliphatic carbocycles. The highest BCUT2D eigenvalue weighted by Gasteiger charge is 2.42. The Labute approximate surface area is 190 Å². The lowest BCUT2D eigenvalue weighted by Crippen LogP contribution is -2.51. The summed E-state index contributed by atoms with van der Waals surface area (Å²) < 4.78 is 14.0. The maximum Gasteiger partial charge on any atom is 0.407 e. The molecule has 2 amide bonds. The molecule has 4 N–H and O–H groups in total. The van der Waals surface area contributed by atoms with Crippen LogP contribution in [0.2, 0.25) is 0 Å². The molecule has 1 rings (SSSR count). The first-order valence-electron chi connectivity index (χ1n) is 9.91. The molecule has 0 saturated heterocycles. The lowest BCUT2D eigenvalue weighted by Gasteiger charge is -2.26. The van der Waals surface area contributed by atoms with Gasteiger partial charge in [0.25, 0.3) is 0 Å². The van der Waals surface area contributed by atoms with Gasteiger partial charge in [0.05, 0.1) is 26.7 Å². The zero-order chi connectivity index (χ0) is 25.0. The molecule has 0 radical (unpaired) electrons. The predicted molar refractivity (Wildman–Crippen MR) is 112 cm³/mol. The van der Waals surface area contributed by atoms with E-state index < -0.39 is 60.3 Å². The van der Waals surface area contributed by atoms with Crippen molar-refractivity contribution in [3.8, 4) is 0 Å². The standard InChI is InChI=1S/C21H28N2O10/c1-12(16(19(28)31-2)20(29)32-3)17(18(26)27)23-15(25)9-14(24)10-22-21(30)33-11-13-7-5-4-6-8-13/h4-8,12,14,16-17,24H,9-11H2,1-3H3,(H,22,30)(H,23,25)(H,26,27)/t12-,14+,17+/m0/s1. The fourth-order valence-corrected chi connectivity index (χ4v) is 2.88. The number of benzene rings is 1. The minimum absolute atomic E-state index is 0.0169. The van der Waals surface area contributed by atoms with Gasteiger partial charge in [0, 0.05) is 12.5 Å². The number of aliphatic hydroxyl groups excluding tert-OH is 1. The van der Waals surface area contributed by atoms with E-state index in [2.05, 4.69) is 20.1 Å². The topological polar surface area (TPSA) is 178 Å². The number of alkyl carbamates (subject to hydrolysis) is 1. The molecule has 0 bridgehead atoms. The van der Waals surface area contributed by atoms with Crippen LogP contribution in [0.3, 0.4) is 0 Å². The van der Waals surface area contributed by atoms with Gasteiger partial charge in [-0.3, -0.25) is 14.4 Å². The highest BCUT2D eigenvalue weighted by molar-refractivity contribution is 5.96. The van der Waals surface area contributed by atoms with E-state index in [0.717, 1.165) is 19.8 Å². The van der Waals surface area contributed by atoms with Crippen LogP contribution in [0.25, 0.3) is 0 Å². The molecule has 12 heteroatoms. The summed E-state index contributed by atoms with van der Waals surface area (Å²) in [6.07, 6.45) is -2.72. The number of aliphatic hydroxyl groups is 1. The van der Waals surface area contributed by atoms with Gasteiger partial charge in [0.2, 0.25) is 5.91 Å². The average Bonchev–Trinajstić information content (AvgIpc) is 2.79. The van der Waals surface area contributed by atoms with Crippen LogP contribution in [0.15, 0.2) is 30.3 Å². The fraction of sp³-hybridized carbons (Fsp3) is 0.476. The molecule has 0 aromatic heterocycles. The van der Waals surface area contributed by atoms with Gasteiger partial charge in [-0.1, -0.05) is 37.3 Å². The van der Waals surface area contributed by atoms with Crippen molar-refractivity contribution in [1.82, 2.24) is 10.6 Å². The van der Waals surface area contributed by atoms with Crippen LogP contribution in [0.1, 0.15) is 18.9 Å². The van der Waals surface area contributed by atoms with Crippen molar-refractivity contribution in [3.05, 3.63) is 35.9 Å². The molecule has 0 fully saturated rings. The molecule has 0 saturated carbocycles. The largest absolute Gasteiger partial charge is 0.480 e. The van der Waals surface area contributed by atoms with Crippen LogP contribution >= 0.6 is 0 Å². The summed E-state index contributed by atoms with van der Waals surface area (Å²) in [7, 11) is 2.04. The number of carbonyl (C=O) groups excluding carboxylic acids is 4. The molecule has 3 atom stereocenters. The summed E-state index contributed by atoms with van der Waals surface area (Å²) in [4.78, 5) is 59.4. The van der Waals surface area contributed by atoms with Crippen LogP contribution in [0, 0.1) is 11.8 Å². The van der Waals surface area contributed by atoms with E-state index >= 15 is 0 Å². The number of carboxylic acid groups (broad SMARTS) is 1. The number of carbonyl (C=O) groups is 5. The highest BCUT2D eigenvalue weighted by Crippen LogP contribution is 2.20. The number of aliphatic carboxylic acids is 1. The van der Waals surface area contributed by atoms with Gasteiger partial charge in [-0.25, -0.2) is 9.59 Å². The summed E-state index contributed by atoms with van der Waals surface area (Å²) in [6, 6.07) is 7.24. The summed E-state index contributed by atoms with van der Waals surface area (Å²) >= 11 is 0. The minimum atomic E-state index is -1.66. The fourth-order valence-electron chi connectivity index (χ4n) is 2.88. The molecule has 1 aromatic rings. The monoisotopic (exact) mass is 468 g/mol. The van der Waals surface area contributed by atoms with E-state index in [9.17, 15) is 34.2 Å². The van der Waals surface area contributed by atoms with E-state index in [4.69, 9.17) is 4.74 Å². The van der Waals surface area contributed by atoms with Gasteiger partial charge in [0.15, 0.2) is 5.92 Å². The maximum absolute atomic E-state index is 12.2. The molecule has 0 spiro atoms. The van der Waals surface area contributed by atoms with Crippen molar-refractivity contribution in [2.75, 3.05) is 20.8 Å². The van der Waals surface area contributed by atoms with E-state index in [1.54, 1.807) is 24.3 Å². The van der Waals surface area contributed by atoms with E-state index in [0.29, 0.717) is 0 Å². The smallest absolute Gasteiger partial charge is 0.407 e. The number of esters is 2. The third-order valence-corrected chi connectivity index (χ3v) is 4.66. The normalized spacial score (nSPS) is 13.2. The quantitative estimate of drug-likeness (QED) is 0.183. The molecular formula is C21H28N2O10. The van der Waals surface area contributed by atoms with Crippen molar-refractivity contribution in [2.24, 2.45) is 11.8 Å². The number of nitrogens with one attached hydrogen (secondary N) is 2. The first kappa shape index (κ1) is 27.4. The van der Waals surface area contributed by atoms with Crippen LogP contribution in [0.5, 0.6) is 0 Å². The Morgan fingerprint density at radius 2 is 1.58 bits per heavy atom. The van der Waals surface area contributed by atoms with Gasteiger partial charge in [-0.2, -0.15) is 0 Å². The number of hydrogen-bond acceptors (Lipinski definition) is 9. The Kier molecular flexibility index (Phi) is 11.3. The molecule has 1 aromatic carbocycles. The number of hydrogen-bond donors (Lipinski definition) is 4. The van der Waals surface area contributed by atoms with Crippen molar-refractivity contribution in [2.45, 2.75) is 32.1 Å². The number of carboxylic acids is 1. The Hall–Kier alpha value is -3.67. The third kappa shape index (κ3) is 9.15. The molecule has 0 heterocycles. The van der Waals surface area contributed by atoms with Crippen LogP contribution in [0.4, 0.5) is 4.79 Å². The number of ether oxygens (including phenoxy) is 3. The predicted octanol–water partition coefficient (Wildman–Crippen LogP) is -0.168. The van der Waals surface area contributed by atoms with Gasteiger partial charge in [-0.15, -0.1) is 0 Å². The average molecular weight is 468 g/mol. The second-order valence-corrected chi connectivity index (χ2v) is 7.07. The van der Waals surface area contributed by atoms with Crippen molar-refractivity contribution < 1.29 is 48.4 Å². The molecular weight excluding hydrogens is 440 g/mol. The van der Waals surface area contributed by atoms with Gasteiger partial charge in [-0.05, 0) is 5.56 Å². The van der Waals surface area contributed by atoms with Crippen molar-refractivity contribution in [3.63, 3.8) is 0 Å². The van der Waals surface area contributed by atoms with Crippen LogP contribution in [-0.4, -0.2) is 73.0 Å². The van der Waals surface area contributed by atoms with Gasteiger partial charge >= 0.3 is 24.0 Å². The number of amides is 2. The Balaban J connectivity index is 2.59. The zero-order valence-corrected chi connectivity index (χ0v) is 18.5. The molecule has 182 valence electrons. The second-order valence-electron chi connectivity index (χ2n) is 7.07. The SMILES string of the molecule is COC(=O)C(C(=O)OC)[C@H](C)[C@@H](NC(=O)C[C@@H](O)CNC(=O)OCc1ccccc1)C(=O)O. The minimum Gasteiger partial charge on any atom is -0.480 e. The van der Waals surface area contributed by atoms with Crippen molar-refractivity contribution in [1.29, 1.82) is 0 Å². The molecule has 0 aliphatic rings. The zero-order valence-electron chi connectivity index (χ0n) is 18.5. The molecule has 33 heavy (non-hydrogen) atoms. The third-order valence-electron chi connectivity index (χ3n) is 4.66. The summed E-state index contributed by atoms with van der Waals surface area (Å²) in [5, 5.41) is 23.9. The highest BCUT2D eigenvalue weighted by atomic mass is 16.6. The molecule has 12 nitrogen and oxygen atoms in total. The van der Waals surface area contributed by atoms with E-state index in [1.807, 2.05) is 6.07 Å². The second kappa shape index (κ2) is 13.7. The summed E-state index contributed by atoms with van der Waals surface area (Å²) in [5.41, 5.74) is 0.763. The van der Waals surface area contributed by atoms with E-state index in [-0.39, 0.29) is 13.2 Å². The van der Waals surface area contributed by atoms with E-state index in [1.165, 1.54) is 6.92 Å². The lowest BCUT2D eigenvalue weighted by molar-refractivity contribution is -0.163. The number of rotatable bonds is 12. The summed E-state index contributed by atoms with van der Waals surface area (Å²) in [5.74, 6) is -7.25. The first-order chi connectivity index (χ1) is 15.6. The Morgan fingerprint density at radius 3 is 2.09 bits per heavy atom. The molecule has 0 aliphatic heterocycles. The van der Waals surface area contributed by atoms with Gasteiger partial charge in [0.1, 0.15) is 12.6 Å². The van der Waals surface area contributed by atoms with Crippen LogP contribution < -0.4 is 10.6 Å². The summed E-state index contributed by atoms with van der Waals surface area (Å²) in [6.45, 7) is 0.947. The Morgan fingerprint density at radius 1 is 1.00 bits per heavy atom.